The van der Waals surface area contributed by atoms with Crippen LogP contribution in [0.1, 0.15) is 42.5 Å². The Balaban J connectivity index is 1.60. The summed E-state index contributed by atoms with van der Waals surface area (Å²) in [5.74, 6) is -0.163. The molecule has 0 radical (unpaired) electrons. The number of nitrogens with one attached hydrogen (secondary N) is 1. The zero-order valence-corrected chi connectivity index (χ0v) is 12.4. The Bertz CT molecular complexity index is 616. The first-order valence-electron chi connectivity index (χ1n) is 7.64. The van der Waals surface area contributed by atoms with Crippen LogP contribution in [0.15, 0.2) is 36.7 Å². The minimum Gasteiger partial charge on any atom is -0.388 e. The summed E-state index contributed by atoms with van der Waals surface area (Å²) in [6, 6.07) is 7.13. The number of aliphatic hydroxyl groups is 1. The van der Waals surface area contributed by atoms with Gasteiger partial charge >= 0.3 is 0 Å². The minimum atomic E-state index is -0.741. The number of benzene rings is 1. The number of carbonyl (C=O) groups excluding carboxylic acids is 1. The standard InChI is InChI=1S/C16H20N4O2/c21-15(17-12-16(22)8-2-1-3-9-16)13-4-6-14(7-5-13)20-11-10-18-19-20/h4-7,10-11,22H,1-3,8-9,12H2,(H,17,21). The lowest BCUT2D eigenvalue weighted by Crippen LogP contribution is -2.44. The van der Waals surface area contributed by atoms with Crippen LogP contribution in [0.5, 0.6) is 0 Å². The van der Waals surface area contributed by atoms with E-state index < -0.39 is 5.60 Å². The van der Waals surface area contributed by atoms with E-state index in [1.54, 1.807) is 29.2 Å². The quantitative estimate of drug-likeness (QED) is 0.900. The Morgan fingerprint density at radius 3 is 2.59 bits per heavy atom. The summed E-state index contributed by atoms with van der Waals surface area (Å²) in [5.41, 5.74) is 0.678. The zero-order valence-electron chi connectivity index (χ0n) is 12.4. The van der Waals surface area contributed by atoms with E-state index in [1.165, 1.54) is 6.42 Å². The molecule has 0 atom stereocenters. The van der Waals surface area contributed by atoms with E-state index in [1.807, 2.05) is 12.1 Å². The first kappa shape index (κ1) is 14.7. The average molecular weight is 300 g/mol. The van der Waals surface area contributed by atoms with Crippen LogP contribution in [-0.4, -0.2) is 38.2 Å². The van der Waals surface area contributed by atoms with Crippen molar-refractivity contribution in [2.75, 3.05) is 6.54 Å². The van der Waals surface area contributed by atoms with Crippen LogP contribution in [0.3, 0.4) is 0 Å². The minimum absolute atomic E-state index is 0.163. The van der Waals surface area contributed by atoms with Crippen LogP contribution in [0.2, 0.25) is 0 Å². The fourth-order valence-electron chi connectivity index (χ4n) is 2.85. The summed E-state index contributed by atoms with van der Waals surface area (Å²) >= 11 is 0. The SMILES string of the molecule is O=C(NCC1(O)CCCCC1)c1ccc(-n2ccnn2)cc1. The largest absolute Gasteiger partial charge is 0.388 e. The molecule has 1 fully saturated rings. The molecule has 0 saturated heterocycles. The van der Waals surface area contributed by atoms with Gasteiger partial charge in [0, 0.05) is 12.1 Å². The van der Waals surface area contributed by atoms with Crippen molar-refractivity contribution >= 4 is 5.91 Å². The molecule has 1 amide bonds. The lowest BCUT2D eigenvalue weighted by molar-refractivity contribution is 0.00526. The Labute approximate surface area is 129 Å². The molecule has 3 rings (SSSR count). The Morgan fingerprint density at radius 2 is 1.95 bits per heavy atom. The van der Waals surface area contributed by atoms with Gasteiger partial charge in [0.25, 0.3) is 5.91 Å². The van der Waals surface area contributed by atoms with Crippen molar-refractivity contribution in [2.24, 2.45) is 0 Å². The summed E-state index contributed by atoms with van der Waals surface area (Å²) in [5, 5.41) is 20.9. The number of hydrogen-bond donors (Lipinski definition) is 2. The Hall–Kier alpha value is -2.21. The van der Waals surface area contributed by atoms with Gasteiger partial charge < -0.3 is 10.4 Å². The first-order valence-corrected chi connectivity index (χ1v) is 7.64. The van der Waals surface area contributed by atoms with Crippen LogP contribution < -0.4 is 5.32 Å². The summed E-state index contributed by atoms with van der Waals surface area (Å²) < 4.78 is 1.63. The molecule has 2 aromatic rings. The second-order valence-corrected chi connectivity index (χ2v) is 5.86. The van der Waals surface area contributed by atoms with Gasteiger partial charge in [-0.05, 0) is 37.1 Å². The van der Waals surface area contributed by atoms with Crippen molar-refractivity contribution < 1.29 is 9.90 Å². The van der Waals surface area contributed by atoms with Crippen LogP contribution in [-0.2, 0) is 0 Å². The smallest absolute Gasteiger partial charge is 0.251 e. The van der Waals surface area contributed by atoms with Gasteiger partial charge in [0.05, 0.1) is 23.7 Å². The van der Waals surface area contributed by atoms with Crippen molar-refractivity contribution in [1.29, 1.82) is 0 Å². The highest BCUT2D eigenvalue weighted by atomic mass is 16.3. The third kappa shape index (κ3) is 3.33. The molecule has 0 unspecified atom stereocenters. The molecule has 0 spiro atoms. The lowest BCUT2D eigenvalue weighted by Gasteiger charge is -2.32. The highest BCUT2D eigenvalue weighted by Gasteiger charge is 2.29. The summed E-state index contributed by atoms with van der Waals surface area (Å²) in [7, 11) is 0. The van der Waals surface area contributed by atoms with Crippen molar-refractivity contribution in [3.63, 3.8) is 0 Å². The molecular formula is C16H20N4O2. The summed E-state index contributed by atoms with van der Waals surface area (Å²) in [6.45, 7) is 0.316. The zero-order chi connectivity index (χ0) is 15.4. The van der Waals surface area contributed by atoms with Crippen LogP contribution in [0.4, 0.5) is 0 Å². The van der Waals surface area contributed by atoms with Gasteiger partial charge in [0.1, 0.15) is 0 Å². The van der Waals surface area contributed by atoms with E-state index in [0.717, 1.165) is 31.4 Å². The molecule has 2 N–H and O–H groups in total. The molecule has 0 bridgehead atoms. The second kappa shape index (κ2) is 6.27. The second-order valence-electron chi connectivity index (χ2n) is 5.86. The molecule has 1 aliphatic carbocycles. The third-order valence-corrected chi connectivity index (χ3v) is 4.18. The molecule has 22 heavy (non-hydrogen) atoms. The maximum Gasteiger partial charge on any atom is 0.251 e. The Morgan fingerprint density at radius 1 is 1.23 bits per heavy atom. The molecule has 1 aliphatic rings. The van der Waals surface area contributed by atoms with Gasteiger partial charge in [-0.15, -0.1) is 5.10 Å². The number of hydrogen-bond acceptors (Lipinski definition) is 4. The molecule has 0 aliphatic heterocycles. The van der Waals surface area contributed by atoms with Gasteiger partial charge in [-0.2, -0.15) is 0 Å². The normalized spacial score (nSPS) is 17.1. The fourth-order valence-corrected chi connectivity index (χ4v) is 2.85. The number of nitrogens with zero attached hydrogens (tertiary/aromatic N) is 3. The molecule has 1 heterocycles. The molecular weight excluding hydrogens is 280 g/mol. The van der Waals surface area contributed by atoms with E-state index in [2.05, 4.69) is 15.6 Å². The maximum atomic E-state index is 12.2. The molecule has 116 valence electrons. The molecule has 1 saturated carbocycles. The van der Waals surface area contributed by atoms with E-state index >= 15 is 0 Å². The number of rotatable bonds is 4. The number of carbonyl (C=O) groups is 1. The fraction of sp³-hybridized carbons (Fsp3) is 0.438. The van der Waals surface area contributed by atoms with Gasteiger partial charge in [0.2, 0.25) is 0 Å². The van der Waals surface area contributed by atoms with Crippen molar-refractivity contribution in [2.45, 2.75) is 37.7 Å². The van der Waals surface area contributed by atoms with Crippen LogP contribution in [0.25, 0.3) is 5.69 Å². The highest BCUT2D eigenvalue weighted by molar-refractivity contribution is 5.94. The van der Waals surface area contributed by atoms with E-state index in [0.29, 0.717) is 12.1 Å². The van der Waals surface area contributed by atoms with Gasteiger partial charge in [0.15, 0.2) is 0 Å². The van der Waals surface area contributed by atoms with E-state index in [9.17, 15) is 9.90 Å². The number of amides is 1. The number of aromatic nitrogens is 3. The molecule has 6 nitrogen and oxygen atoms in total. The van der Waals surface area contributed by atoms with Gasteiger partial charge in [-0.1, -0.05) is 24.5 Å². The molecule has 6 heteroatoms. The molecule has 1 aromatic heterocycles. The summed E-state index contributed by atoms with van der Waals surface area (Å²) in [4.78, 5) is 12.2. The average Bonchev–Trinajstić information content (AvgIpc) is 3.08. The van der Waals surface area contributed by atoms with E-state index in [4.69, 9.17) is 0 Å². The predicted octanol–water partition coefficient (Wildman–Crippen LogP) is 1.69. The van der Waals surface area contributed by atoms with Crippen LogP contribution in [0, 0.1) is 0 Å². The third-order valence-electron chi connectivity index (χ3n) is 4.18. The van der Waals surface area contributed by atoms with Crippen molar-refractivity contribution in [3.05, 3.63) is 42.2 Å². The van der Waals surface area contributed by atoms with E-state index in [-0.39, 0.29) is 5.91 Å². The maximum absolute atomic E-state index is 12.2. The highest BCUT2D eigenvalue weighted by Crippen LogP contribution is 2.27. The monoisotopic (exact) mass is 300 g/mol. The van der Waals surface area contributed by atoms with Crippen LogP contribution >= 0.6 is 0 Å². The summed E-state index contributed by atoms with van der Waals surface area (Å²) in [6.07, 6.45) is 8.09. The Kier molecular flexibility index (Phi) is 4.20. The lowest BCUT2D eigenvalue weighted by atomic mass is 9.85. The molecule has 1 aromatic carbocycles. The topological polar surface area (TPSA) is 80.0 Å². The van der Waals surface area contributed by atoms with Gasteiger partial charge in [-0.3, -0.25) is 4.79 Å². The van der Waals surface area contributed by atoms with Crippen molar-refractivity contribution in [1.82, 2.24) is 20.3 Å². The predicted molar refractivity (Wildman–Crippen MR) is 81.7 cm³/mol. The van der Waals surface area contributed by atoms with Gasteiger partial charge in [-0.25, -0.2) is 4.68 Å². The first-order chi connectivity index (χ1) is 10.7. The van der Waals surface area contributed by atoms with Crippen molar-refractivity contribution in [3.8, 4) is 5.69 Å².